The van der Waals surface area contributed by atoms with Gasteiger partial charge in [-0.1, -0.05) is 90.4 Å². The van der Waals surface area contributed by atoms with Crippen molar-refractivity contribution in [1.29, 1.82) is 0 Å². The van der Waals surface area contributed by atoms with Gasteiger partial charge in [-0.25, -0.2) is 0 Å². The lowest BCUT2D eigenvalue weighted by molar-refractivity contribution is -0.467. The van der Waals surface area contributed by atoms with Gasteiger partial charge in [0.1, 0.15) is 0 Å². The quantitative estimate of drug-likeness (QED) is 0.196. The number of unbranched alkanes of at least 4 members (excludes halogenated alkanes) is 13. The Bertz CT molecular complexity index is 280. The summed E-state index contributed by atoms with van der Waals surface area (Å²) in [5, 5.41) is 10.1. The molecule has 0 rings (SSSR count). The van der Waals surface area contributed by atoms with E-state index < -0.39 is 11.5 Å². The summed E-state index contributed by atoms with van der Waals surface area (Å²) in [5.41, 5.74) is 0. The molecule has 0 aliphatic rings. The lowest BCUT2D eigenvalue weighted by Gasteiger charge is -2.03. The number of hydrogen-bond acceptors (Lipinski definition) is 3. The molecule has 0 saturated carbocycles. The number of ketones is 1. The van der Waals surface area contributed by atoms with E-state index in [-0.39, 0.29) is 5.78 Å². The first-order valence-electron chi connectivity index (χ1n) is 9.30. The highest BCUT2D eigenvalue weighted by atomic mass is 16.6. The molecule has 0 fully saturated rings. The second kappa shape index (κ2) is 16.4. The Morgan fingerprint density at radius 1 is 0.727 bits per heavy atom. The fraction of sp³-hybridized carbons (Fsp3) is 0.944. The predicted octanol–water partition coefficient (Wildman–Crippen LogP) is 5.70. The van der Waals surface area contributed by atoms with E-state index in [1.807, 2.05) is 0 Å². The Kier molecular flexibility index (Phi) is 15.7. The number of hydrogen-bond donors (Lipinski definition) is 0. The third kappa shape index (κ3) is 17.1. The molecule has 0 aliphatic carbocycles. The van der Waals surface area contributed by atoms with Gasteiger partial charge in [-0.3, -0.25) is 14.9 Å². The highest BCUT2D eigenvalue weighted by Gasteiger charge is 2.08. The molecule has 0 saturated heterocycles. The molecule has 0 aliphatic heterocycles. The normalized spacial score (nSPS) is 10.8. The SMILES string of the molecule is CCCCCCCCCCCCCCCCC(=O)C[N+](=O)[O-]. The summed E-state index contributed by atoms with van der Waals surface area (Å²) < 4.78 is 0. The molecule has 0 aromatic rings. The van der Waals surface area contributed by atoms with Crippen LogP contribution in [-0.2, 0) is 4.79 Å². The number of carbonyl (C=O) groups excluding carboxylic acids is 1. The topological polar surface area (TPSA) is 60.2 Å². The highest BCUT2D eigenvalue weighted by molar-refractivity contribution is 5.79. The van der Waals surface area contributed by atoms with Crippen molar-refractivity contribution in [3.63, 3.8) is 0 Å². The summed E-state index contributed by atoms with van der Waals surface area (Å²) in [7, 11) is 0. The van der Waals surface area contributed by atoms with E-state index in [0.29, 0.717) is 6.42 Å². The Labute approximate surface area is 136 Å². The van der Waals surface area contributed by atoms with Crippen LogP contribution >= 0.6 is 0 Å². The van der Waals surface area contributed by atoms with Crippen LogP contribution in [0.2, 0.25) is 0 Å². The van der Waals surface area contributed by atoms with Crippen molar-refractivity contribution in [2.75, 3.05) is 6.54 Å². The zero-order chi connectivity index (χ0) is 16.5. The zero-order valence-corrected chi connectivity index (χ0v) is 14.5. The third-order valence-corrected chi connectivity index (χ3v) is 4.11. The van der Waals surface area contributed by atoms with Crippen molar-refractivity contribution < 1.29 is 9.72 Å². The predicted molar refractivity (Wildman–Crippen MR) is 91.8 cm³/mol. The first kappa shape index (κ1) is 21.1. The van der Waals surface area contributed by atoms with Crippen molar-refractivity contribution in [2.24, 2.45) is 0 Å². The maximum absolute atomic E-state index is 11.1. The van der Waals surface area contributed by atoms with E-state index in [1.165, 1.54) is 70.6 Å². The van der Waals surface area contributed by atoms with Crippen molar-refractivity contribution >= 4 is 5.78 Å². The Hall–Kier alpha value is -0.930. The number of rotatable bonds is 17. The number of nitro groups is 1. The standard InChI is InChI=1S/C18H35NO3/c1-2-3-4-5-6-7-8-9-10-11-12-13-14-15-16-18(20)17-19(21)22/h2-17H2,1H3. The van der Waals surface area contributed by atoms with E-state index >= 15 is 0 Å². The molecule has 4 heteroatoms. The van der Waals surface area contributed by atoms with Crippen molar-refractivity contribution in [2.45, 2.75) is 103 Å². The summed E-state index contributed by atoms with van der Waals surface area (Å²) in [4.78, 5) is 20.7. The first-order chi connectivity index (χ1) is 10.7. The molecule has 22 heavy (non-hydrogen) atoms. The maximum Gasteiger partial charge on any atom is 0.261 e. The molecule has 130 valence electrons. The van der Waals surface area contributed by atoms with Gasteiger partial charge >= 0.3 is 0 Å². The molecule has 0 aromatic heterocycles. The van der Waals surface area contributed by atoms with Gasteiger partial charge in [-0.05, 0) is 6.42 Å². The zero-order valence-electron chi connectivity index (χ0n) is 14.5. The van der Waals surface area contributed by atoms with Gasteiger partial charge < -0.3 is 0 Å². The molecule has 0 N–H and O–H groups in total. The van der Waals surface area contributed by atoms with Crippen molar-refractivity contribution in [3.8, 4) is 0 Å². The largest absolute Gasteiger partial charge is 0.292 e. The number of Topliss-reactive ketones (excluding diaryl/α,β-unsaturated/α-hetero) is 1. The van der Waals surface area contributed by atoms with Crippen molar-refractivity contribution in [3.05, 3.63) is 10.1 Å². The molecule has 0 atom stereocenters. The van der Waals surface area contributed by atoms with Gasteiger partial charge in [0, 0.05) is 11.3 Å². The van der Waals surface area contributed by atoms with Crippen molar-refractivity contribution in [1.82, 2.24) is 0 Å². The van der Waals surface area contributed by atoms with Crippen LogP contribution in [0.25, 0.3) is 0 Å². The number of nitrogens with zero attached hydrogens (tertiary/aromatic N) is 1. The van der Waals surface area contributed by atoms with E-state index in [1.54, 1.807) is 0 Å². The van der Waals surface area contributed by atoms with Crippen LogP contribution in [0, 0.1) is 10.1 Å². The Balaban J connectivity index is 3.08. The van der Waals surface area contributed by atoms with Gasteiger partial charge in [0.25, 0.3) is 6.54 Å². The van der Waals surface area contributed by atoms with Gasteiger partial charge in [-0.2, -0.15) is 0 Å². The molecule has 0 radical (unpaired) electrons. The lowest BCUT2D eigenvalue weighted by Crippen LogP contribution is -2.12. The maximum atomic E-state index is 11.1. The van der Waals surface area contributed by atoms with Crippen LogP contribution in [-0.4, -0.2) is 17.3 Å². The molecule has 0 amide bonds. The van der Waals surface area contributed by atoms with Gasteiger partial charge in [-0.15, -0.1) is 0 Å². The average Bonchev–Trinajstić information content (AvgIpc) is 2.47. The molecular formula is C18H35NO3. The molecule has 4 nitrogen and oxygen atoms in total. The van der Waals surface area contributed by atoms with Crippen LogP contribution in [0.3, 0.4) is 0 Å². The van der Waals surface area contributed by atoms with E-state index in [9.17, 15) is 14.9 Å². The van der Waals surface area contributed by atoms with Crippen LogP contribution in [0.5, 0.6) is 0 Å². The highest BCUT2D eigenvalue weighted by Crippen LogP contribution is 2.13. The second-order valence-corrected chi connectivity index (χ2v) is 6.38. The van der Waals surface area contributed by atoms with Gasteiger partial charge in [0.05, 0.1) is 0 Å². The third-order valence-electron chi connectivity index (χ3n) is 4.11. The summed E-state index contributed by atoms with van der Waals surface area (Å²) in [6, 6.07) is 0. The van der Waals surface area contributed by atoms with Crippen LogP contribution < -0.4 is 0 Å². The van der Waals surface area contributed by atoms with Crippen LogP contribution in [0.1, 0.15) is 103 Å². The molecular weight excluding hydrogens is 278 g/mol. The van der Waals surface area contributed by atoms with Gasteiger partial charge in [0.2, 0.25) is 5.78 Å². The Morgan fingerprint density at radius 3 is 1.45 bits per heavy atom. The molecule has 0 heterocycles. The monoisotopic (exact) mass is 313 g/mol. The second-order valence-electron chi connectivity index (χ2n) is 6.38. The van der Waals surface area contributed by atoms with Crippen LogP contribution in [0.15, 0.2) is 0 Å². The van der Waals surface area contributed by atoms with Gasteiger partial charge in [0.15, 0.2) is 0 Å². The summed E-state index contributed by atoms with van der Waals surface area (Å²) in [5.74, 6) is -0.232. The minimum absolute atomic E-state index is 0.232. The van der Waals surface area contributed by atoms with Crippen LogP contribution in [0.4, 0.5) is 0 Å². The van der Waals surface area contributed by atoms with E-state index in [0.717, 1.165) is 19.3 Å². The summed E-state index contributed by atoms with van der Waals surface area (Å²) in [6.45, 7) is 1.75. The molecule has 0 aromatic carbocycles. The first-order valence-corrected chi connectivity index (χ1v) is 9.30. The minimum Gasteiger partial charge on any atom is -0.292 e. The molecule has 0 bridgehead atoms. The lowest BCUT2D eigenvalue weighted by atomic mass is 10.0. The van der Waals surface area contributed by atoms with E-state index in [4.69, 9.17) is 0 Å². The average molecular weight is 313 g/mol. The minimum atomic E-state index is -0.536. The molecule has 0 spiro atoms. The number of carbonyl (C=O) groups is 1. The Morgan fingerprint density at radius 2 is 1.09 bits per heavy atom. The summed E-state index contributed by atoms with van der Waals surface area (Å²) in [6.07, 6.45) is 18.3. The summed E-state index contributed by atoms with van der Waals surface area (Å²) >= 11 is 0. The fourth-order valence-corrected chi connectivity index (χ4v) is 2.74. The molecule has 0 unspecified atom stereocenters. The smallest absolute Gasteiger partial charge is 0.261 e. The van der Waals surface area contributed by atoms with E-state index in [2.05, 4.69) is 6.92 Å². The fourth-order valence-electron chi connectivity index (χ4n) is 2.74.